The number of Topliss-reactive ketones (excluding diaryl/α,β-unsaturated/α-hetero) is 1. The highest BCUT2D eigenvalue weighted by atomic mass is 32.2. The quantitative estimate of drug-likeness (QED) is 0.452. The molecule has 1 aliphatic heterocycles. The SMILES string of the molecule is Cc1cc(C(=O)CN2c3cccc4cccc(c34)S2(=O)=O)c(C)n1Cc1ccco1. The van der Waals surface area contributed by atoms with Gasteiger partial charge >= 0.3 is 0 Å². The molecule has 2 aromatic heterocycles. The summed E-state index contributed by atoms with van der Waals surface area (Å²) in [6, 6.07) is 16.2. The van der Waals surface area contributed by atoms with Crippen molar-refractivity contribution >= 4 is 32.3 Å². The van der Waals surface area contributed by atoms with Gasteiger partial charge in [-0.1, -0.05) is 24.3 Å². The van der Waals surface area contributed by atoms with Crippen molar-refractivity contribution in [3.8, 4) is 0 Å². The Labute approximate surface area is 174 Å². The highest BCUT2D eigenvalue weighted by Crippen LogP contribution is 2.42. The van der Waals surface area contributed by atoms with Gasteiger partial charge < -0.3 is 8.98 Å². The van der Waals surface area contributed by atoms with Crippen LogP contribution in [0.25, 0.3) is 10.8 Å². The molecule has 5 rings (SSSR count). The average molecular weight is 420 g/mol. The van der Waals surface area contributed by atoms with Crippen molar-refractivity contribution in [2.24, 2.45) is 0 Å². The molecule has 0 saturated heterocycles. The fourth-order valence-electron chi connectivity index (χ4n) is 4.23. The molecule has 152 valence electrons. The van der Waals surface area contributed by atoms with E-state index in [0.29, 0.717) is 23.2 Å². The molecular formula is C23H20N2O4S. The lowest BCUT2D eigenvalue weighted by Crippen LogP contribution is -2.33. The van der Waals surface area contributed by atoms with E-state index in [9.17, 15) is 13.2 Å². The molecule has 0 saturated carbocycles. The van der Waals surface area contributed by atoms with E-state index in [1.54, 1.807) is 24.5 Å². The standard InChI is InChI=1S/C23H20N2O4S/c1-15-12-19(16(2)24(15)13-18-8-5-11-29-18)21(26)14-25-20-9-3-6-17-7-4-10-22(23(17)20)30(25,27)28/h3-12H,13-14H2,1-2H3. The van der Waals surface area contributed by atoms with Crippen LogP contribution in [-0.2, 0) is 16.6 Å². The largest absolute Gasteiger partial charge is 0.467 e. The smallest absolute Gasteiger partial charge is 0.265 e. The molecule has 3 heterocycles. The van der Waals surface area contributed by atoms with Crippen LogP contribution in [0.1, 0.15) is 27.5 Å². The Morgan fingerprint density at radius 3 is 2.53 bits per heavy atom. The zero-order valence-electron chi connectivity index (χ0n) is 16.6. The summed E-state index contributed by atoms with van der Waals surface area (Å²) in [7, 11) is -3.77. The number of aromatic nitrogens is 1. The topological polar surface area (TPSA) is 72.5 Å². The van der Waals surface area contributed by atoms with E-state index in [2.05, 4.69) is 0 Å². The average Bonchev–Trinajstić information content (AvgIpc) is 3.39. The van der Waals surface area contributed by atoms with Crippen LogP contribution < -0.4 is 4.31 Å². The molecule has 0 radical (unpaired) electrons. The minimum atomic E-state index is -3.77. The van der Waals surface area contributed by atoms with E-state index in [0.717, 1.165) is 22.5 Å². The number of benzene rings is 2. The first-order valence-corrected chi connectivity index (χ1v) is 11.1. The fraction of sp³-hybridized carbons (Fsp3) is 0.174. The summed E-state index contributed by atoms with van der Waals surface area (Å²) < 4.78 is 35.0. The third-order valence-corrected chi connectivity index (χ3v) is 7.54. The van der Waals surface area contributed by atoms with Crippen molar-refractivity contribution in [1.29, 1.82) is 0 Å². The van der Waals surface area contributed by atoms with Gasteiger partial charge in [0.25, 0.3) is 10.0 Å². The van der Waals surface area contributed by atoms with E-state index in [-0.39, 0.29) is 17.2 Å². The summed E-state index contributed by atoms with van der Waals surface area (Å²) in [4.78, 5) is 13.5. The number of nitrogens with zero attached hydrogens (tertiary/aromatic N) is 2. The van der Waals surface area contributed by atoms with Crippen molar-refractivity contribution in [3.63, 3.8) is 0 Å². The molecular weight excluding hydrogens is 400 g/mol. The van der Waals surface area contributed by atoms with Crippen LogP contribution in [0.2, 0.25) is 0 Å². The molecule has 1 aliphatic rings. The fourth-order valence-corrected chi connectivity index (χ4v) is 5.90. The maximum absolute atomic E-state index is 13.2. The van der Waals surface area contributed by atoms with Crippen molar-refractivity contribution in [2.45, 2.75) is 25.3 Å². The van der Waals surface area contributed by atoms with Gasteiger partial charge in [-0.05, 0) is 49.6 Å². The van der Waals surface area contributed by atoms with Crippen LogP contribution in [0.4, 0.5) is 5.69 Å². The third-order valence-electron chi connectivity index (χ3n) is 5.74. The molecule has 0 N–H and O–H groups in total. The molecule has 6 nitrogen and oxygen atoms in total. The number of hydrogen-bond acceptors (Lipinski definition) is 4. The number of anilines is 1. The molecule has 0 spiro atoms. The molecule has 0 bridgehead atoms. The molecule has 0 atom stereocenters. The van der Waals surface area contributed by atoms with E-state index in [4.69, 9.17) is 4.42 Å². The van der Waals surface area contributed by atoms with Crippen LogP contribution in [-0.4, -0.2) is 25.3 Å². The van der Waals surface area contributed by atoms with Gasteiger partial charge in [0.2, 0.25) is 0 Å². The van der Waals surface area contributed by atoms with Crippen LogP contribution in [0.3, 0.4) is 0 Å². The predicted molar refractivity (Wildman–Crippen MR) is 115 cm³/mol. The van der Waals surface area contributed by atoms with Gasteiger partial charge in [-0.25, -0.2) is 8.42 Å². The zero-order chi connectivity index (χ0) is 21.0. The van der Waals surface area contributed by atoms with Gasteiger partial charge in [-0.3, -0.25) is 9.10 Å². The van der Waals surface area contributed by atoms with Gasteiger partial charge in [0.15, 0.2) is 5.78 Å². The molecule has 4 aromatic rings. The number of hydrogen-bond donors (Lipinski definition) is 0. The Morgan fingerprint density at radius 2 is 1.80 bits per heavy atom. The number of carbonyl (C=O) groups is 1. The minimum absolute atomic E-state index is 0.234. The van der Waals surface area contributed by atoms with E-state index < -0.39 is 10.0 Å². The van der Waals surface area contributed by atoms with Crippen molar-refractivity contribution in [3.05, 3.63) is 83.6 Å². The van der Waals surface area contributed by atoms with Gasteiger partial charge in [0.05, 0.1) is 29.9 Å². The van der Waals surface area contributed by atoms with Crippen molar-refractivity contribution in [2.75, 3.05) is 10.8 Å². The first kappa shape index (κ1) is 18.7. The summed E-state index contributed by atoms with van der Waals surface area (Å²) >= 11 is 0. The van der Waals surface area contributed by atoms with Crippen LogP contribution >= 0.6 is 0 Å². The summed E-state index contributed by atoms with van der Waals surface area (Å²) in [5.74, 6) is 0.558. The lowest BCUT2D eigenvalue weighted by molar-refractivity contribution is 0.100. The number of sulfonamides is 1. The Morgan fingerprint density at radius 1 is 1.03 bits per heavy atom. The molecule has 0 aliphatic carbocycles. The number of ketones is 1. The number of carbonyl (C=O) groups excluding carboxylic acids is 1. The maximum Gasteiger partial charge on any atom is 0.265 e. The molecule has 30 heavy (non-hydrogen) atoms. The van der Waals surface area contributed by atoms with Crippen molar-refractivity contribution < 1.29 is 17.6 Å². The second-order valence-electron chi connectivity index (χ2n) is 7.52. The summed E-state index contributed by atoms with van der Waals surface area (Å²) in [5.41, 5.74) is 2.79. The monoisotopic (exact) mass is 420 g/mol. The highest BCUT2D eigenvalue weighted by Gasteiger charge is 2.37. The first-order valence-electron chi connectivity index (χ1n) is 9.65. The van der Waals surface area contributed by atoms with E-state index >= 15 is 0 Å². The second-order valence-corrected chi connectivity index (χ2v) is 9.35. The van der Waals surface area contributed by atoms with Crippen molar-refractivity contribution in [1.82, 2.24) is 4.57 Å². The highest BCUT2D eigenvalue weighted by molar-refractivity contribution is 7.93. The van der Waals surface area contributed by atoms with Crippen LogP contribution in [0.5, 0.6) is 0 Å². The number of furan rings is 1. The Balaban J connectivity index is 1.50. The van der Waals surface area contributed by atoms with Gasteiger partial charge in [0, 0.05) is 22.3 Å². The first-order chi connectivity index (χ1) is 14.4. The predicted octanol–water partition coefficient (Wildman–Crippen LogP) is 4.29. The Bertz CT molecular complexity index is 1390. The van der Waals surface area contributed by atoms with Crippen LogP contribution in [0, 0.1) is 13.8 Å². The van der Waals surface area contributed by atoms with Gasteiger partial charge in [-0.2, -0.15) is 0 Å². The normalized spacial score (nSPS) is 14.5. The zero-order valence-corrected chi connectivity index (χ0v) is 17.4. The maximum atomic E-state index is 13.2. The Hall–Kier alpha value is -3.32. The van der Waals surface area contributed by atoms with Gasteiger partial charge in [-0.15, -0.1) is 0 Å². The molecule has 0 unspecified atom stereocenters. The van der Waals surface area contributed by atoms with Crippen LogP contribution in [0.15, 0.2) is 70.2 Å². The second kappa shape index (κ2) is 6.60. The Kier molecular flexibility index (Phi) is 4.11. The summed E-state index contributed by atoms with van der Waals surface area (Å²) in [6.45, 7) is 4.08. The third kappa shape index (κ3) is 2.69. The minimum Gasteiger partial charge on any atom is -0.467 e. The number of aryl methyl sites for hydroxylation is 1. The summed E-state index contributed by atoms with van der Waals surface area (Å²) in [5, 5.41) is 1.52. The molecule has 0 fully saturated rings. The molecule has 7 heteroatoms. The van der Waals surface area contributed by atoms with E-state index in [1.165, 1.54) is 4.31 Å². The van der Waals surface area contributed by atoms with E-state index in [1.807, 2.05) is 54.8 Å². The lowest BCUT2D eigenvalue weighted by Gasteiger charge is -2.18. The lowest BCUT2D eigenvalue weighted by atomic mass is 10.1. The molecule has 0 amide bonds. The van der Waals surface area contributed by atoms with Gasteiger partial charge in [0.1, 0.15) is 5.76 Å². The number of rotatable bonds is 5. The summed E-state index contributed by atoms with van der Waals surface area (Å²) in [6.07, 6.45) is 1.62. The molecule has 2 aromatic carbocycles.